The Kier molecular flexibility index (Phi) is 3.54. The van der Waals surface area contributed by atoms with Gasteiger partial charge in [-0.1, -0.05) is 0 Å². The highest BCUT2D eigenvalue weighted by Gasteiger charge is 2.29. The van der Waals surface area contributed by atoms with Crippen molar-refractivity contribution in [3.05, 3.63) is 0 Å². The van der Waals surface area contributed by atoms with Crippen molar-refractivity contribution in [2.45, 2.75) is 12.8 Å². The number of nitrogens with zero attached hydrogens (tertiary/aromatic N) is 2. The van der Waals surface area contributed by atoms with Crippen LogP contribution in [-0.2, 0) is 19.2 Å². The Labute approximate surface area is 86.8 Å². The summed E-state index contributed by atoms with van der Waals surface area (Å²) < 4.78 is 0. The molecule has 6 nitrogen and oxygen atoms in total. The van der Waals surface area contributed by atoms with Gasteiger partial charge in [-0.2, -0.15) is 0 Å². The van der Waals surface area contributed by atoms with Gasteiger partial charge in [0.1, 0.15) is 19.3 Å². The van der Waals surface area contributed by atoms with E-state index < -0.39 is 17.7 Å². The topological polar surface area (TPSA) is 74.8 Å². The molecule has 0 spiro atoms. The van der Waals surface area contributed by atoms with Crippen LogP contribution in [0.15, 0.2) is 0 Å². The average molecular weight is 212 g/mol. The minimum Gasteiger partial charge on any atom is -0.332 e. The van der Waals surface area contributed by atoms with Gasteiger partial charge in [0.2, 0.25) is 17.7 Å². The van der Waals surface area contributed by atoms with Crippen molar-refractivity contribution in [1.82, 2.24) is 9.80 Å². The minimum absolute atomic E-state index is 0.130. The van der Waals surface area contributed by atoms with Crippen molar-refractivity contribution in [2.75, 3.05) is 20.1 Å². The maximum atomic E-state index is 11.4. The minimum atomic E-state index is -0.501. The molecule has 0 aromatic carbocycles. The molecule has 0 aromatic heterocycles. The molecule has 1 fully saturated rings. The van der Waals surface area contributed by atoms with E-state index in [0.717, 1.165) is 4.90 Å². The molecular weight excluding hydrogens is 200 g/mol. The molecule has 1 aliphatic rings. The highest BCUT2D eigenvalue weighted by molar-refractivity contribution is 6.07. The fourth-order valence-corrected chi connectivity index (χ4v) is 1.27. The maximum absolute atomic E-state index is 11.4. The maximum Gasteiger partial charge on any atom is 0.248 e. The number of rotatable bonds is 3. The second-order valence-electron chi connectivity index (χ2n) is 3.29. The number of carbonyl (C=O) groups is 4. The van der Waals surface area contributed by atoms with Gasteiger partial charge in [-0.05, 0) is 0 Å². The predicted octanol–water partition coefficient (Wildman–Crippen LogP) is -1.21. The number of hydrogen-bond donors (Lipinski definition) is 0. The second-order valence-corrected chi connectivity index (χ2v) is 3.29. The molecule has 1 heterocycles. The van der Waals surface area contributed by atoms with Gasteiger partial charge in [0.25, 0.3) is 0 Å². The van der Waals surface area contributed by atoms with E-state index in [1.165, 1.54) is 11.9 Å². The van der Waals surface area contributed by atoms with Crippen LogP contribution in [-0.4, -0.2) is 53.9 Å². The Morgan fingerprint density at radius 3 is 2.47 bits per heavy atom. The van der Waals surface area contributed by atoms with Crippen LogP contribution in [0.25, 0.3) is 0 Å². The zero-order valence-corrected chi connectivity index (χ0v) is 8.43. The first-order chi connectivity index (χ1) is 7.06. The summed E-state index contributed by atoms with van der Waals surface area (Å²) in [5.74, 6) is -1.32. The molecule has 3 amide bonds. The van der Waals surface area contributed by atoms with E-state index in [1.807, 2.05) is 0 Å². The van der Waals surface area contributed by atoms with E-state index >= 15 is 0 Å². The van der Waals surface area contributed by atoms with Gasteiger partial charge in [-0.3, -0.25) is 19.3 Å². The highest BCUT2D eigenvalue weighted by Crippen LogP contribution is 2.05. The molecular formula is C9H12N2O4. The Hall–Kier alpha value is -1.72. The molecule has 0 N–H and O–H groups in total. The lowest BCUT2D eigenvalue weighted by Gasteiger charge is -2.17. The molecule has 6 heteroatoms. The van der Waals surface area contributed by atoms with Gasteiger partial charge in [0.15, 0.2) is 0 Å². The first-order valence-electron chi connectivity index (χ1n) is 4.57. The molecule has 0 unspecified atom stereocenters. The smallest absolute Gasteiger partial charge is 0.248 e. The van der Waals surface area contributed by atoms with Gasteiger partial charge < -0.3 is 9.69 Å². The van der Waals surface area contributed by atoms with Crippen molar-refractivity contribution in [3.63, 3.8) is 0 Å². The second kappa shape index (κ2) is 4.68. The van der Waals surface area contributed by atoms with Crippen LogP contribution in [0.2, 0.25) is 0 Å². The van der Waals surface area contributed by atoms with E-state index in [9.17, 15) is 19.2 Å². The van der Waals surface area contributed by atoms with Crippen LogP contribution in [0.4, 0.5) is 0 Å². The first-order valence-corrected chi connectivity index (χ1v) is 4.57. The van der Waals surface area contributed by atoms with Crippen LogP contribution < -0.4 is 0 Å². The fourth-order valence-electron chi connectivity index (χ4n) is 1.27. The molecule has 15 heavy (non-hydrogen) atoms. The van der Waals surface area contributed by atoms with E-state index in [-0.39, 0.29) is 25.9 Å². The van der Waals surface area contributed by atoms with E-state index in [2.05, 4.69) is 0 Å². The highest BCUT2D eigenvalue weighted by atomic mass is 16.2. The molecule has 1 rings (SSSR count). The monoisotopic (exact) mass is 212 g/mol. The van der Waals surface area contributed by atoms with Crippen molar-refractivity contribution >= 4 is 24.0 Å². The predicted molar refractivity (Wildman–Crippen MR) is 49.7 cm³/mol. The zero-order valence-electron chi connectivity index (χ0n) is 8.43. The quantitative estimate of drug-likeness (QED) is 0.334. The fraction of sp³-hybridized carbons (Fsp3) is 0.556. The van der Waals surface area contributed by atoms with E-state index in [4.69, 9.17) is 0 Å². The summed E-state index contributed by atoms with van der Waals surface area (Å²) in [6.07, 6.45) is 0.548. The Morgan fingerprint density at radius 1 is 1.20 bits per heavy atom. The molecule has 0 aromatic rings. The summed E-state index contributed by atoms with van der Waals surface area (Å²) >= 11 is 0. The summed E-state index contributed by atoms with van der Waals surface area (Å²) in [4.78, 5) is 46.4. The molecule has 0 aliphatic carbocycles. The lowest BCUT2D eigenvalue weighted by atomic mass is 10.3. The number of likely N-dealkylation sites (N-methyl/N-ethyl adjacent to an activating group) is 1. The van der Waals surface area contributed by atoms with Crippen molar-refractivity contribution in [1.29, 1.82) is 0 Å². The Balaban J connectivity index is 2.73. The van der Waals surface area contributed by atoms with Crippen LogP contribution in [0.5, 0.6) is 0 Å². The number of hydrogen-bond acceptors (Lipinski definition) is 4. The molecule has 0 atom stereocenters. The number of carbonyl (C=O) groups excluding carboxylic acids is 4. The summed E-state index contributed by atoms with van der Waals surface area (Å²) in [6.45, 7) is 0.0596. The largest absolute Gasteiger partial charge is 0.332 e. The van der Waals surface area contributed by atoms with Gasteiger partial charge in [0, 0.05) is 20.0 Å². The molecule has 0 saturated carbocycles. The number of amides is 3. The number of aldehydes is 1. The summed E-state index contributed by atoms with van der Waals surface area (Å²) in [5, 5.41) is 0. The molecule has 1 aliphatic heterocycles. The van der Waals surface area contributed by atoms with Gasteiger partial charge in [-0.15, -0.1) is 0 Å². The Bertz CT molecular complexity index is 313. The standard InChI is InChI=1S/C9H12N2O4/c1-10-7(13)5-8(14)11(3-2-4-12)6-9(10)15/h4H,2-3,5-6H2,1H3. The van der Waals surface area contributed by atoms with Crippen molar-refractivity contribution in [3.8, 4) is 0 Å². The molecule has 1 saturated heterocycles. The SMILES string of the molecule is CN1C(=O)CC(=O)N(CCC=O)CC1=O. The van der Waals surface area contributed by atoms with E-state index in [0.29, 0.717) is 6.29 Å². The van der Waals surface area contributed by atoms with Crippen LogP contribution in [0.1, 0.15) is 12.8 Å². The normalized spacial score (nSPS) is 18.1. The third-order valence-corrected chi connectivity index (χ3v) is 2.25. The van der Waals surface area contributed by atoms with Crippen molar-refractivity contribution < 1.29 is 19.2 Å². The third-order valence-electron chi connectivity index (χ3n) is 2.25. The van der Waals surface area contributed by atoms with Gasteiger partial charge in [0.05, 0.1) is 0 Å². The lowest BCUT2D eigenvalue weighted by Crippen LogP contribution is -2.37. The van der Waals surface area contributed by atoms with Gasteiger partial charge >= 0.3 is 0 Å². The summed E-state index contributed by atoms with van der Waals surface area (Å²) in [7, 11) is 1.35. The van der Waals surface area contributed by atoms with Crippen LogP contribution in [0.3, 0.4) is 0 Å². The van der Waals surface area contributed by atoms with Gasteiger partial charge in [-0.25, -0.2) is 0 Å². The van der Waals surface area contributed by atoms with E-state index in [1.54, 1.807) is 0 Å². The summed E-state index contributed by atoms with van der Waals surface area (Å²) in [6, 6.07) is 0. The average Bonchev–Trinajstić information content (AvgIpc) is 2.29. The lowest BCUT2D eigenvalue weighted by molar-refractivity contribution is -0.141. The Morgan fingerprint density at radius 2 is 1.87 bits per heavy atom. The summed E-state index contributed by atoms with van der Waals surface area (Å²) in [5.41, 5.74) is 0. The molecule has 82 valence electrons. The molecule has 0 radical (unpaired) electrons. The van der Waals surface area contributed by atoms with Crippen LogP contribution in [0, 0.1) is 0 Å². The molecule has 0 bridgehead atoms. The van der Waals surface area contributed by atoms with Crippen molar-refractivity contribution in [2.24, 2.45) is 0 Å². The third kappa shape index (κ3) is 2.61. The first kappa shape index (κ1) is 11.4. The van der Waals surface area contributed by atoms with Crippen LogP contribution >= 0.6 is 0 Å². The number of imide groups is 1. The zero-order chi connectivity index (χ0) is 11.4.